The van der Waals surface area contributed by atoms with Crippen molar-refractivity contribution in [2.24, 2.45) is 5.10 Å². The number of nitro benzene ring substituents is 1. The molecule has 2 aromatic carbocycles. The van der Waals surface area contributed by atoms with E-state index in [-0.39, 0.29) is 17.7 Å². The number of rotatable bonds is 5. The molecule has 29 heavy (non-hydrogen) atoms. The number of benzene rings is 2. The van der Waals surface area contributed by atoms with Crippen LogP contribution in [0.2, 0.25) is 0 Å². The molecule has 1 aliphatic rings. The highest BCUT2D eigenvalue weighted by Gasteiger charge is 2.29. The van der Waals surface area contributed by atoms with Crippen LogP contribution in [-0.2, 0) is 9.53 Å². The maximum Gasteiger partial charge on any atom is 0.338 e. The van der Waals surface area contributed by atoms with E-state index in [1.54, 1.807) is 63.2 Å². The topological polar surface area (TPSA) is 102 Å². The van der Waals surface area contributed by atoms with Gasteiger partial charge in [-0.05, 0) is 56.7 Å². The minimum Gasteiger partial charge on any atom is -0.459 e. The van der Waals surface area contributed by atoms with Crippen LogP contribution >= 0.6 is 0 Å². The predicted octanol–water partition coefficient (Wildman–Crippen LogP) is 3.97. The van der Waals surface area contributed by atoms with Crippen LogP contribution in [0.15, 0.2) is 59.2 Å². The van der Waals surface area contributed by atoms with Gasteiger partial charge in [-0.15, -0.1) is 0 Å². The molecule has 0 saturated heterocycles. The van der Waals surface area contributed by atoms with Crippen LogP contribution in [0.25, 0.3) is 6.08 Å². The number of non-ortho nitro benzene ring substituents is 1. The van der Waals surface area contributed by atoms with E-state index >= 15 is 0 Å². The third-order valence-electron chi connectivity index (χ3n) is 4.14. The molecule has 0 aliphatic carbocycles. The number of carbonyl (C=O) groups is 2. The van der Waals surface area contributed by atoms with Crippen molar-refractivity contribution < 1.29 is 19.2 Å². The average molecular weight is 393 g/mol. The van der Waals surface area contributed by atoms with E-state index in [1.807, 2.05) is 0 Å². The maximum absolute atomic E-state index is 12.8. The molecule has 0 radical (unpaired) electrons. The van der Waals surface area contributed by atoms with Gasteiger partial charge in [0.1, 0.15) is 0 Å². The number of anilines is 1. The van der Waals surface area contributed by atoms with Crippen molar-refractivity contribution in [2.45, 2.75) is 26.9 Å². The Morgan fingerprint density at radius 1 is 1.21 bits per heavy atom. The molecule has 1 aliphatic heterocycles. The van der Waals surface area contributed by atoms with Crippen molar-refractivity contribution in [1.29, 1.82) is 0 Å². The first-order valence-corrected chi connectivity index (χ1v) is 8.93. The second-order valence-corrected chi connectivity index (χ2v) is 6.71. The third-order valence-corrected chi connectivity index (χ3v) is 4.14. The second-order valence-electron chi connectivity index (χ2n) is 6.71. The van der Waals surface area contributed by atoms with E-state index in [0.717, 1.165) is 0 Å². The summed E-state index contributed by atoms with van der Waals surface area (Å²) in [5.74, 6) is -0.795. The van der Waals surface area contributed by atoms with Gasteiger partial charge in [-0.2, -0.15) is 10.1 Å². The average Bonchev–Trinajstić information content (AvgIpc) is 2.96. The summed E-state index contributed by atoms with van der Waals surface area (Å²) in [5.41, 5.74) is 2.18. The summed E-state index contributed by atoms with van der Waals surface area (Å²) < 4.78 is 5.15. The van der Waals surface area contributed by atoms with Gasteiger partial charge in [0.15, 0.2) is 0 Å². The Bertz CT molecular complexity index is 1040. The lowest BCUT2D eigenvalue weighted by molar-refractivity contribution is -0.384. The van der Waals surface area contributed by atoms with Crippen molar-refractivity contribution in [2.75, 3.05) is 5.01 Å². The monoisotopic (exact) mass is 393 g/mol. The number of esters is 1. The van der Waals surface area contributed by atoms with Crippen molar-refractivity contribution >= 4 is 35.0 Å². The van der Waals surface area contributed by atoms with E-state index in [1.165, 1.54) is 17.1 Å². The lowest BCUT2D eigenvalue weighted by Crippen LogP contribution is -2.21. The molecule has 0 aromatic heterocycles. The predicted molar refractivity (Wildman–Crippen MR) is 109 cm³/mol. The minimum absolute atomic E-state index is 0.0554. The Morgan fingerprint density at radius 3 is 2.52 bits per heavy atom. The van der Waals surface area contributed by atoms with Gasteiger partial charge in [0.25, 0.3) is 11.6 Å². The van der Waals surface area contributed by atoms with E-state index in [9.17, 15) is 19.7 Å². The summed E-state index contributed by atoms with van der Waals surface area (Å²) in [6.07, 6.45) is 1.35. The van der Waals surface area contributed by atoms with E-state index in [4.69, 9.17) is 4.74 Å². The summed E-state index contributed by atoms with van der Waals surface area (Å²) in [6.45, 7) is 5.22. The number of nitro groups is 1. The molecule has 0 atom stereocenters. The number of carbonyl (C=O) groups excluding carboxylic acids is 2. The molecule has 3 rings (SSSR count). The zero-order valence-corrected chi connectivity index (χ0v) is 16.2. The van der Waals surface area contributed by atoms with Gasteiger partial charge in [-0.1, -0.05) is 12.1 Å². The Morgan fingerprint density at radius 2 is 1.90 bits per heavy atom. The fraction of sp³-hybridized carbons (Fsp3) is 0.190. The minimum atomic E-state index is -0.489. The van der Waals surface area contributed by atoms with Crippen LogP contribution in [0.3, 0.4) is 0 Å². The first-order chi connectivity index (χ1) is 13.8. The van der Waals surface area contributed by atoms with Crippen molar-refractivity contribution in [3.8, 4) is 0 Å². The molecule has 2 aromatic rings. The quantitative estimate of drug-likeness (QED) is 0.331. The Balaban J connectivity index is 1.84. The van der Waals surface area contributed by atoms with E-state index in [0.29, 0.717) is 28.1 Å². The fourth-order valence-electron chi connectivity index (χ4n) is 2.77. The van der Waals surface area contributed by atoms with Gasteiger partial charge in [-0.25, -0.2) is 4.79 Å². The van der Waals surface area contributed by atoms with Crippen molar-refractivity contribution in [3.63, 3.8) is 0 Å². The third kappa shape index (κ3) is 4.37. The molecular formula is C21H19N3O5. The number of hydrazone groups is 1. The van der Waals surface area contributed by atoms with Crippen molar-refractivity contribution in [1.82, 2.24) is 0 Å². The number of hydrogen-bond donors (Lipinski definition) is 0. The summed E-state index contributed by atoms with van der Waals surface area (Å²) in [6, 6.07) is 12.4. The number of nitrogens with zero attached hydrogens (tertiary/aromatic N) is 3. The fourth-order valence-corrected chi connectivity index (χ4v) is 2.77. The van der Waals surface area contributed by atoms with Crippen LogP contribution in [-0.4, -0.2) is 28.6 Å². The second kappa shape index (κ2) is 8.05. The molecular weight excluding hydrogens is 374 g/mol. The first-order valence-electron chi connectivity index (χ1n) is 8.93. The van der Waals surface area contributed by atoms with Gasteiger partial charge in [0.2, 0.25) is 0 Å². The van der Waals surface area contributed by atoms with Crippen LogP contribution in [0.1, 0.15) is 36.7 Å². The van der Waals surface area contributed by atoms with Gasteiger partial charge >= 0.3 is 5.97 Å². The van der Waals surface area contributed by atoms with Crippen LogP contribution in [0.5, 0.6) is 0 Å². The molecule has 1 amide bonds. The molecule has 0 saturated carbocycles. The largest absolute Gasteiger partial charge is 0.459 e. The molecule has 0 fully saturated rings. The molecule has 148 valence electrons. The summed E-state index contributed by atoms with van der Waals surface area (Å²) in [7, 11) is 0. The molecule has 0 bridgehead atoms. The normalized spacial score (nSPS) is 15.0. The zero-order valence-electron chi connectivity index (χ0n) is 16.2. The molecule has 0 unspecified atom stereocenters. The smallest absolute Gasteiger partial charge is 0.338 e. The van der Waals surface area contributed by atoms with Gasteiger partial charge in [0.05, 0.1) is 33.6 Å². The van der Waals surface area contributed by atoms with E-state index in [2.05, 4.69) is 5.10 Å². The molecule has 1 heterocycles. The molecule has 0 spiro atoms. The molecule has 0 N–H and O–H groups in total. The Labute approximate surface area is 167 Å². The zero-order chi connectivity index (χ0) is 21.1. The highest BCUT2D eigenvalue weighted by molar-refractivity contribution is 6.32. The SMILES string of the molecule is CC1=NN(c2ccc(C(=O)OC(C)C)cc2)C(=O)/C1=C/c1cccc([N+](=O)[O-])c1. The summed E-state index contributed by atoms with van der Waals surface area (Å²) in [5, 5.41) is 16.5. The van der Waals surface area contributed by atoms with Gasteiger partial charge in [-0.3, -0.25) is 14.9 Å². The lowest BCUT2D eigenvalue weighted by Gasteiger charge is -2.13. The summed E-state index contributed by atoms with van der Waals surface area (Å²) in [4.78, 5) is 35.2. The first kappa shape index (κ1) is 19.9. The van der Waals surface area contributed by atoms with Crippen molar-refractivity contribution in [3.05, 3.63) is 75.3 Å². The Kier molecular flexibility index (Phi) is 5.54. The van der Waals surface area contributed by atoms with Gasteiger partial charge in [0, 0.05) is 12.1 Å². The van der Waals surface area contributed by atoms with Crippen LogP contribution < -0.4 is 5.01 Å². The lowest BCUT2D eigenvalue weighted by atomic mass is 10.1. The number of hydrogen-bond acceptors (Lipinski definition) is 6. The van der Waals surface area contributed by atoms with Crippen LogP contribution in [0, 0.1) is 10.1 Å². The highest BCUT2D eigenvalue weighted by Crippen LogP contribution is 2.26. The van der Waals surface area contributed by atoms with E-state index < -0.39 is 10.9 Å². The van der Waals surface area contributed by atoms with Gasteiger partial charge < -0.3 is 4.74 Å². The molecule has 8 heteroatoms. The highest BCUT2D eigenvalue weighted by atomic mass is 16.6. The number of amides is 1. The van der Waals surface area contributed by atoms with Crippen LogP contribution in [0.4, 0.5) is 11.4 Å². The summed E-state index contributed by atoms with van der Waals surface area (Å²) >= 11 is 0. The Hall–Kier alpha value is -3.81. The molecule has 8 nitrogen and oxygen atoms in total. The maximum atomic E-state index is 12.8. The standard InChI is InChI=1S/C21H19N3O5/c1-13(2)29-21(26)16-7-9-17(10-8-16)23-20(25)19(14(3)22-23)12-15-5-4-6-18(11-15)24(27)28/h4-13H,1-3H3/b19-12+. The number of ether oxygens (including phenoxy) is 1.